The van der Waals surface area contributed by atoms with Crippen molar-refractivity contribution in [2.24, 2.45) is 5.92 Å². The number of fused-ring (bicyclic) bond motifs is 1. The van der Waals surface area contributed by atoms with Crippen LogP contribution in [0.2, 0.25) is 0 Å². The summed E-state index contributed by atoms with van der Waals surface area (Å²) >= 11 is 0. The molecule has 4 fully saturated rings. The van der Waals surface area contributed by atoms with Crippen LogP contribution in [0.25, 0.3) is 0 Å². The van der Waals surface area contributed by atoms with Gasteiger partial charge < -0.3 is 9.80 Å². The van der Waals surface area contributed by atoms with Crippen LogP contribution in [0.1, 0.15) is 64.2 Å². The lowest BCUT2D eigenvalue weighted by molar-refractivity contribution is 0.0909. The Morgan fingerprint density at radius 1 is 0.867 bits per heavy atom. The highest BCUT2D eigenvalue weighted by Crippen LogP contribution is 2.35. The second kappa shape index (κ2) is 9.08. The van der Waals surface area contributed by atoms with E-state index in [0.29, 0.717) is 17.8 Å². The number of hydrogen-bond donors (Lipinski definition) is 1. The zero-order valence-corrected chi connectivity index (χ0v) is 18.1. The van der Waals surface area contributed by atoms with Gasteiger partial charge in [-0.15, -0.1) is 0 Å². The number of carbonyl (C=O) groups excluding carboxylic acids is 1. The molecule has 7 heteroatoms. The van der Waals surface area contributed by atoms with Crippen LogP contribution in [0.5, 0.6) is 0 Å². The standard InChI is InChI=1S/C23H36N6O/c30-23(29-11-5-7-18-6-1-4-10-20(18)29)26-21-16-22(25-17-24-21)28-14-12-27(13-15-28)19-8-2-3-9-19/h16-20H,1-15H2,(H,24,25,26,30). The molecule has 4 aliphatic rings. The maximum Gasteiger partial charge on any atom is 0.323 e. The maximum absolute atomic E-state index is 13.0. The molecular weight excluding hydrogens is 376 g/mol. The van der Waals surface area contributed by atoms with E-state index in [1.807, 2.05) is 6.07 Å². The summed E-state index contributed by atoms with van der Waals surface area (Å²) < 4.78 is 0. The zero-order valence-electron chi connectivity index (χ0n) is 18.1. The molecule has 0 radical (unpaired) electrons. The molecule has 164 valence electrons. The summed E-state index contributed by atoms with van der Waals surface area (Å²) in [5, 5.41) is 3.08. The van der Waals surface area contributed by atoms with Gasteiger partial charge in [0.2, 0.25) is 0 Å². The van der Waals surface area contributed by atoms with Gasteiger partial charge in [0, 0.05) is 50.9 Å². The summed E-state index contributed by atoms with van der Waals surface area (Å²) in [5.41, 5.74) is 0. The van der Waals surface area contributed by atoms with Gasteiger partial charge in [0.1, 0.15) is 18.0 Å². The number of hydrogen-bond acceptors (Lipinski definition) is 5. The van der Waals surface area contributed by atoms with Gasteiger partial charge in [-0.3, -0.25) is 10.2 Å². The molecule has 5 rings (SSSR count). The Balaban J connectivity index is 1.19. The molecule has 2 unspecified atom stereocenters. The highest BCUT2D eigenvalue weighted by Gasteiger charge is 2.36. The Labute approximate surface area is 180 Å². The number of piperazine rings is 1. The predicted octanol–water partition coefficient (Wildman–Crippen LogP) is 3.73. The van der Waals surface area contributed by atoms with E-state index >= 15 is 0 Å². The third kappa shape index (κ3) is 4.27. The van der Waals surface area contributed by atoms with Gasteiger partial charge in [-0.2, -0.15) is 0 Å². The van der Waals surface area contributed by atoms with Gasteiger partial charge in [0.15, 0.2) is 0 Å². The molecule has 0 spiro atoms. The first kappa shape index (κ1) is 20.0. The van der Waals surface area contributed by atoms with E-state index in [0.717, 1.165) is 57.4 Å². The van der Waals surface area contributed by atoms with Crippen LogP contribution in [-0.4, -0.2) is 70.6 Å². The quantitative estimate of drug-likeness (QED) is 0.820. The average Bonchev–Trinajstić information content (AvgIpc) is 3.34. The van der Waals surface area contributed by atoms with Gasteiger partial charge in [-0.05, 0) is 44.4 Å². The van der Waals surface area contributed by atoms with Crippen LogP contribution in [0.15, 0.2) is 12.4 Å². The SMILES string of the molecule is O=C(Nc1cc(N2CCN(C3CCCC3)CC2)ncn1)N1CCCC2CCCCC21. The van der Waals surface area contributed by atoms with Crippen molar-refractivity contribution in [3.8, 4) is 0 Å². The van der Waals surface area contributed by atoms with Crippen LogP contribution in [0.3, 0.4) is 0 Å². The van der Waals surface area contributed by atoms with Crippen molar-refractivity contribution >= 4 is 17.7 Å². The highest BCUT2D eigenvalue weighted by molar-refractivity contribution is 5.89. The first-order valence-corrected chi connectivity index (χ1v) is 12.2. The minimum Gasteiger partial charge on any atom is -0.354 e. The van der Waals surface area contributed by atoms with Crippen LogP contribution in [0.4, 0.5) is 16.4 Å². The van der Waals surface area contributed by atoms with Crippen molar-refractivity contribution in [3.63, 3.8) is 0 Å². The number of nitrogens with zero attached hydrogens (tertiary/aromatic N) is 5. The molecule has 2 saturated heterocycles. The van der Waals surface area contributed by atoms with E-state index in [2.05, 4.69) is 30.0 Å². The number of amides is 2. The first-order chi connectivity index (χ1) is 14.8. The highest BCUT2D eigenvalue weighted by atomic mass is 16.2. The molecule has 2 saturated carbocycles. The fourth-order valence-electron chi connectivity index (χ4n) is 6.23. The minimum atomic E-state index is 0.0160. The van der Waals surface area contributed by atoms with Crippen molar-refractivity contribution < 1.29 is 4.79 Å². The average molecular weight is 413 g/mol. The molecule has 2 aliphatic carbocycles. The Hall–Kier alpha value is -1.89. The van der Waals surface area contributed by atoms with Crippen molar-refractivity contribution in [3.05, 3.63) is 12.4 Å². The largest absolute Gasteiger partial charge is 0.354 e. The Morgan fingerprint density at radius 2 is 1.60 bits per heavy atom. The normalized spacial score (nSPS) is 28.4. The number of rotatable bonds is 3. The number of likely N-dealkylation sites (tertiary alicyclic amines) is 1. The molecule has 7 nitrogen and oxygen atoms in total. The first-order valence-electron chi connectivity index (χ1n) is 12.2. The smallest absolute Gasteiger partial charge is 0.323 e. The van der Waals surface area contributed by atoms with Crippen LogP contribution >= 0.6 is 0 Å². The maximum atomic E-state index is 13.0. The number of anilines is 2. The molecule has 2 aliphatic heterocycles. The van der Waals surface area contributed by atoms with Crippen molar-refractivity contribution in [2.75, 3.05) is 42.9 Å². The number of piperidine rings is 1. The van der Waals surface area contributed by atoms with Crippen molar-refractivity contribution in [2.45, 2.75) is 76.3 Å². The van der Waals surface area contributed by atoms with Gasteiger partial charge in [0.05, 0.1) is 0 Å². The summed E-state index contributed by atoms with van der Waals surface area (Å²) in [7, 11) is 0. The van der Waals surface area contributed by atoms with Gasteiger partial charge in [-0.1, -0.05) is 25.7 Å². The molecule has 3 heterocycles. The molecule has 2 amide bonds. The van der Waals surface area contributed by atoms with E-state index in [1.54, 1.807) is 6.33 Å². The fraction of sp³-hybridized carbons (Fsp3) is 0.783. The number of nitrogens with one attached hydrogen (secondary N) is 1. The van der Waals surface area contributed by atoms with E-state index in [-0.39, 0.29) is 6.03 Å². The van der Waals surface area contributed by atoms with Crippen LogP contribution in [-0.2, 0) is 0 Å². The third-order valence-corrected chi connectivity index (χ3v) is 7.87. The summed E-state index contributed by atoms with van der Waals surface area (Å²) in [6.07, 6.45) is 14.5. The van der Waals surface area contributed by atoms with Crippen molar-refractivity contribution in [1.82, 2.24) is 19.8 Å². The fourth-order valence-corrected chi connectivity index (χ4v) is 6.23. The van der Waals surface area contributed by atoms with Gasteiger partial charge in [-0.25, -0.2) is 14.8 Å². The monoisotopic (exact) mass is 412 g/mol. The molecular formula is C23H36N6O. The third-order valence-electron chi connectivity index (χ3n) is 7.87. The van der Waals surface area contributed by atoms with E-state index in [1.165, 1.54) is 51.4 Å². The second-order valence-corrected chi connectivity index (χ2v) is 9.60. The molecule has 30 heavy (non-hydrogen) atoms. The molecule has 1 aromatic rings. The lowest BCUT2D eigenvalue weighted by Gasteiger charge is -2.43. The molecule has 2 atom stereocenters. The van der Waals surface area contributed by atoms with Crippen molar-refractivity contribution in [1.29, 1.82) is 0 Å². The Bertz CT molecular complexity index is 726. The van der Waals surface area contributed by atoms with Gasteiger partial charge >= 0.3 is 6.03 Å². The zero-order chi connectivity index (χ0) is 20.3. The lowest BCUT2D eigenvalue weighted by Crippen LogP contribution is -2.51. The summed E-state index contributed by atoms with van der Waals surface area (Å²) in [4.78, 5) is 29.0. The summed E-state index contributed by atoms with van der Waals surface area (Å²) in [6, 6.07) is 3.17. The van der Waals surface area contributed by atoms with Crippen LogP contribution < -0.4 is 10.2 Å². The van der Waals surface area contributed by atoms with Crippen LogP contribution in [0, 0.1) is 5.92 Å². The van der Waals surface area contributed by atoms with E-state index in [4.69, 9.17) is 0 Å². The molecule has 1 aromatic heterocycles. The number of aromatic nitrogens is 2. The summed E-state index contributed by atoms with van der Waals surface area (Å²) in [5.74, 6) is 2.25. The number of urea groups is 1. The lowest BCUT2D eigenvalue weighted by atomic mass is 9.78. The predicted molar refractivity (Wildman–Crippen MR) is 119 cm³/mol. The summed E-state index contributed by atoms with van der Waals surface area (Å²) in [6.45, 7) is 5.07. The molecule has 0 aromatic carbocycles. The minimum absolute atomic E-state index is 0.0160. The van der Waals surface area contributed by atoms with E-state index in [9.17, 15) is 4.79 Å². The number of carbonyl (C=O) groups is 1. The second-order valence-electron chi connectivity index (χ2n) is 9.60. The topological polar surface area (TPSA) is 64.6 Å². The van der Waals surface area contributed by atoms with E-state index < -0.39 is 0 Å². The Morgan fingerprint density at radius 3 is 2.43 bits per heavy atom. The van der Waals surface area contributed by atoms with Gasteiger partial charge in [0.25, 0.3) is 0 Å². The molecule has 0 bridgehead atoms. The Kier molecular flexibility index (Phi) is 6.07. The molecule has 1 N–H and O–H groups in total.